The maximum atomic E-state index is 11.9. The number of hydrogen-bond donors (Lipinski definition) is 3. The third-order valence-corrected chi connectivity index (χ3v) is 3.98. The van der Waals surface area contributed by atoms with Crippen LogP contribution >= 0.6 is 11.3 Å². The molecular formula is C16H21N3O2S. The highest BCUT2D eigenvalue weighted by Gasteiger charge is 2.09. The summed E-state index contributed by atoms with van der Waals surface area (Å²) in [5, 5.41) is 17.8. The van der Waals surface area contributed by atoms with Crippen LogP contribution in [0.15, 0.2) is 35.8 Å². The van der Waals surface area contributed by atoms with Crippen molar-refractivity contribution in [1.29, 1.82) is 0 Å². The quantitative estimate of drug-likeness (QED) is 0.764. The van der Waals surface area contributed by atoms with Crippen LogP contribution in [0.1, 0.15) is 20.3 Å². The molecule has 0 spiro atoms. The summed E-state index contributed by atoms with van der Waals surface area (Å²) >= 11 is 1.56. The van der Waals surface area contributed by atoms with Gasteiger partial charge in [0.05, 0.1) is 6.10 Å². The highest BCUT2D eigenvalue weighted by atomic mass is 32.1. The number of rotatable bonds is 6. The zero-order valence-electron chi connectivity index (χ0n) is 12.7. The predicted molar refractivity (Wildman–Crippen MR) is 90.0 cm³/mol. The Labute approximate surface area is 134 Å². The van der Waals surface area contributed by atoms with Crippen molar-refractivity contribution in [1.82, 2.24) is 10.3 Å². The summed E-state index contributed by atoms with van der Waals surface area (Å²) in [4.78, 5) is 16.2. The Morgan fingerprint density at radius 1 is 1.41 bits per heavy atom. The van der Waals surface area contributed by atoms with Crippen molar-refractivity contribution in [2.45, 2.75) is 26.4 Å². The lowest BCUT2D eigenvalue weighted by molar-refractivity contribution is 0.163. The van der Waals surface area contributed by atoms with Gasteiger partial charge in [-0.3, -0.25) is 0 Å². The first-order valence-corrected chi connectivity index (χ1v) is 8.15. The number of thiazole rings is 1. The Bertz CT molecular complexity index is 599. The first kappa shape index (κ1) is 16.5. The highest BCUT2D eigenvalue weighted by Crippen LogP contribution is 2.24. The van der Waals surface area contributed by atoms with Gasteiger partial charge in [-0.25, -0.2) is 9.78 Å². The van der Waals surface area contributed by atoms with Gasteiger partial charge in [0.25, 0.3) is 0 Å². The number of benzene rings is 1. The molecule has 2 unspecified atom stereocenters. The molecule has 0 aliphatic heterocycles. The number of nitrogens with one attached hydrogen (secondary N) is 2. The first-order chi connectivity index (χ1) is 10.5. The van der Waals surface area contributed by atoms with Gasteiger partial charge in [-0.1, -0.05) is 19.1 Å². The predicted octanol–water partition coefficient (Wildman–Crippen LogP) is 3.34. The number of anilines is 1. The van der Waals surface area contributed by atoms with Crippen molar-refractivity contribution in [3.8, 4) is 10.6 Å². The topological polar surface area (TPSA) is 74.2 Å². The van der Waals surface area contributed by atoms with Crippen LogP contribution in [0, 0.1) is 5.92 Å². The van der Waals surface area contributed by atoms with Gasteiger partial charge >= 0.3 is 6.03 Å². The third kappa shape index (κ3) is 5.13. The fourth-order valence-corrected chi connectivity index (χ4v) is 2.84. The largest absolute Gasteiger partial charge is 0.393 e. The molecule has 0 bridgehead atoms. The van der Waals surface area contributed by atoms with Crippen LogP contribution in [0.3, 0.4) is 0 Å². The van der Waals surface area contributed by atoms with Gasteiger partial charge in [-0.15, -0.1) is 11.3 Å². The molecule has 3 N–H and O–H groups in total. The minimum atomic E-state index is -0.352. The van der Waals surface area contributed by atoms with Crippen LogP contribution < -0.4 is 10.6 Å². The second-order valence-electron chi connectivity index (χ2n) is 5.44. The fourth-order valence-electron chi connectivity index (χ4n) is 2.20. The molecule has 0 aliphatic rings. The van der Waals surface area contributed by atoms with E-state index in [1.807, 2.05) is 36.6 Å². The molecule has 0 saturated carbocycles. The second-order valence-corrected chi connectivity index (χ2v) is 6.34. The van der Waals surface area contributed by atoms with Crippen molar-refractivity contribution in [3.05, 3.63) is 35.8 Å². The molecule has 1 aromatic carbocycles. The van der Waals surface area contributed by atoms with E-state index in [9.17, 15) is 9.90 Å². The molecule has 0 fully saturated rings. The number of urea groups is 1. The average molecular weight is 319 g/mol. The Morgan fingerprint density at radius 3 is 2.91 bits per heavy atom. The van der Waals surface area contributed by atoms with Gasteiger partial charge < -0.3 is 15.7 Å². The molecule has 2 amide bonds. The van der Waals surface area contributed by atoms with Crippen LogP contribution in [0.4, 0.5) is 10.5 Å². The van der Waals surface area contributed by atoms with E-state index in [2.05, 4.69) is 15.6 Å². The summed E-state index contributed by atoms with van der Waals surface area (Å²) in [6.07, 6.45) is 2.07. The first-order valence-electron chi connectivity index (χ1n) is 7.27. The lowest BCUT2D eigenvalue weighted by Crippen LogP contribution is -2.33. The van der Waals surface area contributed by atoms with Crippen LogP contribution in [-0.2, 0) is 0 Å². The summed E-state index contributed by atoms with van der Waals surface area (Å²) in [6, 6.07) is 7.36. The van der Waals surface area contributed by atoms with Gasteiger partial charge in [0.1, 0.15) is 5.01 Å². The Morgan fingerprint density at radius 2 is 2.23 bits per heavy atom. The Kier molecular flexibility index (Phi) is 5.91. The van der Waals surface area contributed by atoms with Gasteiger partial charge in [0.15, 0.2) is 0 Å². The number of aliphatic hydroxyl groups excluding tert-OH is 1. The number of amides is 2. The molecule has 6 heteroatoms. The fraction of sp³-hybridized carbons (Fsp3) is 0.375. The SMILES string of the molecule is CC(O)CC(C)CNC(=O)Nc1cccc(-c2nccs2)c1. The highest BCUT2D eigenvalue weighted by molar-refractivity contribution is 7.13. The minimum absolute atomic E-state index is 0.229. The van der Waals surface area contributed by atoms with Crippen molar-refractivity contribution < 1.29 is 9.90 Å². The average Bonchev–Trinajstić information content (AvgIpc) is 2.99. The van der Waals surface area contributed by atoms with Crippen molar-refractivity contribution in [2.75, 3.05) is 11.9 Å². The third-order valence-electron chi connectivity index (χ3n) is 3.15. The molecule has 1 aromatic heterocycles. The summed E-state index contributed by atoms with van der Waals surface area (Å²) in [5.74, 6) is 0.229. The summed E-state index contributed by atoms with van der Waals surface area (Å²) < 4.78 is 0. The van der Waals surface area contributed by atoms with E-state index in [-0.39, 0.29) is 18.1 Å². The van der Waals surface area contributed by atoms with E-state index in [1.54, 1.807) is 24.5 Å². The zero-order chi connectivity index (χ0) is 15.9. The van der Waals surface area contributed by atoms with Crippen LogP contribution in [0.2, 0.25) is 0 Å². The summed E-state index contributed by atoms with van der Waals surface area (Å²) in [7, 11) is 0. The Balaban J connectivity index is 1.88. The number of hydrogen-bond acceptors (Lipinski definition) is 4. The van der Waals surface area contributed by atoms with E-state index in [0.717, 1.165) is 16.3 Å². The maximum absolute atomic E-state index is 11.9. The standard InChI is InChI=1S/C16H21N3O2S/c1-11(8-12(2)20)10-18-16(21)19-14-5-3-4-13(9-14)15-17-6-7-22-15/h3-7,9,11-12,20H,8,10H2,1-2H3,(H2,18,19,21). The number of nitrogens with zero attached hydrogens (tertiary/aromatic N) is 1. The van der Waals surface area contributed by atoms with Gasteiger partial charge in [-0.05, 0) is 31.4 Å². The Hall–Kier alpha value is -1.92. The van der Waals surface area contributed by atoms with E-state index < -0.39 is 0 Å². The van der Waals surface area contributed by atoms with E-state index in [1.165, 1.54) is 0 Å². The van der Waals surface area contributed by atoms with E-state index in [0.29, 0.717) is 13.0 Å². The lowest BCUT2D eigenvalue weighted by Gasteiger charge is -2.14. The van der Waals surface area contributed by atoms with Gasteiger partial charge in [0, 0.05) is 29.4 Å². The molecule has 2 aromatic rings. The smallest absolute Gasteiger partial charge is 0.319 e. The zero-order valence-corrected chi connectivity index (χ0v) is 13.6. The monoisotopic (exact) mass is 319 g/mol. The number of aliphatic hydroxyl groups is 1. The molecule has 2 atom stereocenters. The molecule has 5 nitrogen and oxygen atoms in total. The van der Waals surface area contributed by atoms with Crippen molar-refractivity contribution in [3.63, 3.8) is 0 Å². The molecule has 118 valence electrons. The van der Waals surface area contributed by atoms with E-state index in [4.69, 9.17) is 0 Å². The molecule has 0 aliphatic carbocycles. The molecule has 2 rings (SSSR count). The number of aromatic nitrogens is 1. The van der Waals surface area contributed by atoms with Crippen LogP contribution in [-0.4, -0.2) is 28.8 Å². The molecular weight excluding hydrogens is 298 g/mol. The van der Waals surface area contributed by atoms with Gasteiger partial charge in [-0.2, -0.15) is 0 Å². The lowest BCUT2D eigenvalue weighted by atomic mass is 10.1. The molecule has 22 heavy (non-hydrogen) atoms. The van der Waals surface area contributed by atoms with Crippen molar-refractivity contribution >= 4 is 23.1 Å². The normalized spacial score (nSPS) is 13.4. The minimum Gasteiger partial charge on any atom is -0.393 e. The number of carbonyl (C=O) groups is 1. The molecule has 0 saturated heterocycles. The van der Waals surface area contributed by atoms with E-state index >= 15 is 0 Å². The van der Waals surface area contributed by atoms with Crippen LogP contribution in [0.5, 0.6) is 0 Å². The maximum Gasteiger partial charge on any atom is 0.319 e. The van der Waals surface area contributed by atoms with Crippen LogP contribution in [0.25, 0.3) is 10.6 Å². The summed E-state index contributed by atoms with van der Waals surface area (Å²) in [6.45, 7) is 4.28. The molecule has 0 radical (unpaired) electrons. The second kappa shape index (κ2) is 7.91. The van der Waals surface area contributed by atoms with Gasteiger partial charge in [0.2, 0.25) is 0 Å². The molecule has 1 heterocycles. The number of carbonyl (C=O) groups excluding carboxylic acids is 1. The summed E-state index contributed by atoms with van der Waals surface area (Å²) in [5.41, 5.74) is 1.71. The van der Waals surface area contributed by atoms with Crippen molar-refractivity contribution in [2.24, 2.45) is 5.92 Å².